The van der Waals surface area contributed by atoms with Gasteiger partial charge in [-0.2, -0.15) is 0 Å². The van der Waals surface area contributed by atoms with E-state index in [1.165, 1.54) is 6.07 Å². The molecule has 1 atom stereocenters. The first-order chi connectivity index (χ1) is 16.7. The maximum Gasteiger partial charge on any atom is 0.332 e. The largest absolute Gasteiger partial charge is 0.506 e. The van der Waals surface area contributed by atoms with Crippen molar-refractivity contribution in [3.05, 3.63) is 65.9 Å². The third-order valence-electron chi connectivity index (χ3n) is 5.91. The number of phenols is 1. The highest BCUT2D eigenvalue weighted by atomic mass is 16.4. The molecule has 35 heavy (non-hydrogen) atoms. The summed E-state index contributed by atoms with van der Waals surface area (Å²) in [6.45, 7) is 4.31. The number of para-hydroxylation sites is 2. The van der Waals surface area contributed by atoms with Crippen LogP contribution in [0.3, 0.4) is 0 Å². The lowest BCUT2D eigenvalue weighted by Crippen LogP contribution is -2.19. The van der Waals surface area contributed by atoms with Crippen LogP contribution in [0.25, 0.3) is 11.1 Å². The predicted molar refractivity (Wildman–Crippen MR) is 134 cm³/mol. The Morgan fingerprint density at radius 1 is 0.943 bits per heavy atom. The first kappa shape index (κ1) is 25.8. The summed E-state index contributed by atoms with van der Waals surface area (Å²) < 4.78 is 1.74. The summed E-state index contributed by atoms with van der Waals surface area (Å²) in [7, 11) is 0. The summed E-state index contributed by atoms with van der Waals surface area (Å²) in [5, 5.41) is 42.5. The molecule has 0 fully saturated rings. The van der Waals surface area contributed by atoms with Crippen LogP contribution in [-0.2, 0) is 11.3 Å². The number of aliphatic carboxylic acids is 1. The fourth-order valence-corrected chi connectivity index (χ4v) is 4.23. The van der Waals surface area contributed by atoms with Crippen molar-refractivity contribution in [1.29, 1.82) is 0 Å². The van der Waals surface area contributed by atoms with Crippen LogP contribution in [0, 0.1) is 0 Å². The first-order valence-corrected chi connectivity index (χ1v) is 11.7. The predicted octanol–water partition coefficient (Wildman–Crippen LogP) is 4.95. The number of carbonyl (C=O) groups excluding carboxylic acids is 1. The van der Waals surface area contributed by atoms with Crippen molar-refractivity contribution in [2.75, 3.05) is 5.32 Å². The van der Waals surface area contributed by atoms with Gasteiger partial charge in [-0.1, -0.05) is 69.2 Å². The molecule has 0 radical (unpaired) electrons. The second-order valence-electron chi connectivity index (χ2n) is 8.81. The molecule has 8 nitrogen and oxygen atoms in total. The van der Waals surface area contributed by atoms with Crippen LogP contribution in [0.5, 0.6) is 11.6 Å². The van der Waals surface area contributed by atoms with Crippen molar-refractivity contribution in [3.8, 4) is 22.8 Å². The summed E-state index contributed by atoms with van der Waals surface area (Å²) in [4.78, 5) is 24.3. The molecule has 0 saturated carbocycles. The number of aliphatic hydroxyl groups excluding tert-OH is 1. The summed E-state index contributed by atoms with van der Waals surface area (Å²) in [6, 6.07) is 15.6. The molecule has 0 aliphatic rings. The van der Waals surface area contributed by atoms with Crippen LogP contribution in [0.15, 0.2) is 54.6 Å². The van der Waals surface area contributed by atoms with Crippen molar-refractivity contribution in [2.45, 2.75) is 58.1 Å². The molecule has 3 rings (SSSR count). The molecule has 8 heteroatoms. The van der Waals surface area contributed by atoms with E-state index in [1.54, 1.807) is 22.8 Å². The van der Waals surface area contributed by atoms with Crippen molar-refractivity contribution in [1.82, 2.24) is 4.57 Å². The average Bonchev–Trinajstić information content (AvgIpc) is 3.13. The third-order valence-corrected chi connectivity index (χ3v) is 5.91. The molecular formula is C27H32N2O6. The SMILES string of the molecule is CC(C)c1c(C(=O)Nc2ccccc2O)c(-c2ccccc2)c(O)n1CCCCCC(O)C(=O)O. The molecular weight excluding hydrogens is 448 g/mol. The Morgan fingerprint density at radius 3 is 2.23 bits per heavy atom. The number of carboxylic acids is 1. The van der Waals surface area contributed by atoms with Gasteiger partial charge in [0, 0.05) is 12.2 Å². The Labute approximate surface area is 204 Å². The summed E-state index contributed by atoms with van der Waals surface area (Å²) in [5.41, 5.74) is 2.39. The van der Waals surface area contributed by atoms with Gasteiger partial charge in [0.05, 0.1) is 16.8 Å². The average molecular weight is 481 g/mol. The van der Waals surface area contributed by atoms with Crippen molar-refractivity contribution < 1.29 is 30.0 Å². The van der Waals surface area contributed by atoms with Gasteiger partial charge in [0.15, 0.2) is 12.0 Å². The zero-order valence-electron chi connectivity index (χ0n) is 19.9. The number of nitrogens with zero attached hydrogens (tertiary/aromatic N) is 1. The second kappa shape index (κ2) is 11.6. The first-order valence-electron chi connectivity index (χ1n) is 11.7. The van der Waals surface area contributed by atoms with Crippen molar-refractivity contribution >= 4 is 17.6 Å². The zero-order chi connectivity index (χ0) is 25.5. The number of aromatic hydroxyl groups is 2. The van der Waals surface area contributed by atoms with Gasteiger partial charge in [-0.15, -0.1) is 0 Å². The van der Waals surface area contributed by atoms with Gasteiger partial charge >= 0.3 is 5.97 Å². The topological polar surface area (TPSA) is 132 Å². The summed E-state index contributed by atoms with van der Waals surface area (Å²) in [6.07, 6.45) is 0.588. The Morgan fingerprint density at radius 2 is 1.60 bits per heavy atom. The normalized spacial score (nSPS) is 12.0. The Hall–Kier alpha value is -3.78. The number of unbranched alkanes of at least 4 members (excludes halogenated alkanes) is 2. The van der Waals surface area contributed by atoms with E-state index in [0.29, 0.717) is 48.2 Å². The molecule has 3 aromatic rings. The van der Waals surface area contributed by atoms with E-state index < -0.39 is 18.0 Å². The lowest BCUT2D eigenvalue weighted by atomic mass is 9.97. The molecule has 2 aromatic carbocycles. The molecule has 5 N–H and O–H groups in total. The lowest BCUT2D eigenvalue weighted by molar-refractivity contribution is -0.146. The number of hydrogen-bond acceptors (Lipinski definition) is 5. The molecule has 0 bridgehead atoms. The molecule has 0 saturated heterocycles. The van der Waals surface area contributed by atoms with Crippen LogP contribution in [-0.4, -0.2) is 43.0 Å². The number of carboxylic acid groups (broad SMARTS) is 1. The van der Waals surface area contributed by atoms with Gasteiger partial charge in [-0.25, -0.2) is 4.79 Å². The minimum atomic E-state index is -1.38. The number of anilines is 1. The molecule has 186 valence electrons. The van der Waals surface area contributed by atoms with E-state index >= 15 is 0 Å². The Kier molecular flexibility index (Phi) is 8.54. The number of carbonyl (C=O) groups is 2. The minimum absolute atomic E-state index is 0.0205. The molecule has 1 amide bonds. The van der Waals surface area contributed by atoms with Crippen LogP contribution < -0.4 is 5.32 Å². The van der Waals surface area contributed by atoms with Gasteiger partial charge in [0.1, 0.15) is 5.75 Å². The number of phenolic OH excluding ortho intramolecular Hbond substituents is 1. The molecule has 0 spiro atoms. The molecule has 1 heterocycles. The Balaban J connectivity index is 1.97. The van der Waals surface area contributed by atoms with Gasteiger partial charge in [-0.3, -0.25) is 4.79 Å². The van der Waals surface area contributed by atoms with Crippen LogP contribution >= 0.6 is 0 Å². The monoisotopic (exact) mass is 480 g/mol. The molecule has 0 aliphatic carbocycles. The molecule has 1 aromatic heterocycles. The fourth-order valence-electron chi connectivity index (χ4n) is 4.23. The maximum atomic E-state index is 13.5. The van der Waals surface area contributed by atoms with E-state index in [4.69, 9.17) is 5.11 Å². The zero-order valence-corrected chi connectivity index (χ0v) is 19.9. The number of benzene rings is 2. The van der Waals surface area contributed by atoms with Crippen LogP contribution in [0.4, 0.5) is 5.69 Å². The van der Waals surface area contributed by atoms with E-state index in [0.717, 1.165) is 0 Å². The number of hydrogen-bond donors (Lipinski definition) is 5. The molecule has 1 unspecified atom stereocenters. The summed E-state index contributed by atoms with van der Waals surface area (Å²) in [5.74, 6) is -1.85. The van der Waals surface area contributed by atoms with Crippen LogP contribution in [0.1, 0.15) is 61.5 Å². The van der Waals surface area contributed by atoms with Gasteiger partial charge in [0.2, 0.25) is 0 Å². The van der Waals surface area contributed by atoms with Gasteiger partial charge in [0.25, 0.3) is 5.91 Å². The van der Waals surface area contributed by atoms with Gasteiger partial charge < -0.3 is 30.3 Å². The van der Waals surface area contributed by atoms with Crippen molar-refractivity contribution in [3.63, 3.8) is 0 Å². The van der Waals surface area contributed by atoms with Crippen LogP contribution in [0.2, 0.25) is 0 Å². The number of amides is 1. The van der Waals surface area contributed by atoms with Gasteiger partial charge in [-0.05, 0) is 36.5 Å². The standard InChI is InChI=1S/C27H32N2O6/c1-17(2)24-23(25(32)28-19-13-8-9-14-20(19)30)22(18-11-5-3-6-12-18)26(33)29(24)16-10-4-7-15-21(31)27(34)35/h3,5-6,8-9,11-14,17,21,30-31,33H,4,7,10,15-16H2,1-2H3,(H,28,32)(H,34,35). The number of nitrogens with one attached hydrogen (secondary N) is 1. The minimum Gasteiger partial charge on any atom is -0.506 e. The smallest absolute Gasteiger partial charge is 0.332 e. The maximum absolute atomic E-state index is 13.5. The van der Waals surface area contributed by atoms with Crippen molar-refractivity contribution in [2.24, 2.45) is 0 Å². The third kappa shape index (κ3) is 6.02. The second-order valence-corrected chi connectivity index (χ2v) is 8.81. The molecule has 0 aliphatic heterocycles. The fraction of sp³-hybridized carbons (Fsp3) is 0.333. The quantitative estimate of drug-likeness (QED) is 0.195. The Bertz CT molecular complexity index is 1170. The van der Waals surface area contributed by atoms with E-state index in [-0.39, 0.29) is 29.7 Å². The van der Waals surface area contributed by atoms with E-state index in [9.17, 15) is 24.9 Å². The lowest BCUT2D eigenvalue weighted by Gasteiger charge is -2.15. The highest BCUT2D eigenvalue weighted by Gasteiger charge is 2.30. The number of aromatic nitrogens is 1. The number of rotatable bonds is 11. The van der Waals surface area contributed by atoms with E-state index in [1.807, 2.05) is 44.2 Å². The highest BCUT2D eigenvalue weighted by molar-refractivity contribution is 6.11. The van der Waals surface area contributed by atoms with E-state index in [2.05, 4.69) is 5.32 Å². The number of aliphatic hydroxyl groups is 1. The summed E-state index contributed by atoms with van der Waals surface area (Å²) >= 11 is 0. The highest BCUT2D eigenvalue weighted by Crippen LogP contribution is 2.41.